The molecule has 254 valence electrons. The first-order chi connectivity index (χ1) is 27.2. The molecule has 3 aromatic heterocycles. The van der Waals surface area contributed by atoms with Gasteiger partial charge in [-0.15, -0.1) is 0 Å². The summed E-state index contributed by atoms with van der Waals surface area (Å²) in [6.45, 7) is 0. The van der Waals surface area contributed by atoms with E-state index in [1.165, 1.54) is 32.3 Å². The summed E-state index contributed by atoms with van der Waals surface area (Å²) in [5.74, 6) is 0. The van der Waals surface area contributed by atoms with E-state index in [4.69, 9.17) is 0 Å². The zero-order valence-corrected chi connectivity index (χ0v) is 29.5. The van der Waals surface area contributed by atoms with Gasteiger partial charge in [0, 0.05) is 28.9 Å². The lowest BCUT2D eigenvalue weighted by molar-refractivity contribution is 1.18. The molecule has 0 radical (unpaired) electrons. The summed E-state index contributed by atoms with van der Waals surface area (Å²) in [7, 11) is 0. The molecule has 0 aliphatic heterocycles. The Morgan fingerprint density at radius 2 is 0.800 bits per heavy atom. The number of benzene rings is 7. The average Bonchev–Trinajstić information content (AvgIpc) is 3.61. The summed E-state index contributed by atoms with van der Waals surface area (Å²) in [4.78, 5) is 8.39. The van der Waals surface area contributed by atoms with Crippen molar-refractivity contribution in [3.05, 3.63) is 188 Å². The average molecular weight is 700 g/mol. The maximum absolute atomic E-state index is 9.54. The fourth-order valence-electron chi connectivity index (χ4n) is 8.14. The normalized spacial score (nSPS) is 11.2. The second-order valence-electron chi connectivity index (χ2n) is 13.6. The topological polar surface area (TPSA) is 78.3 Å². The summed E-state index contributed by atoms with van der Waals surface area (Å²) < 4.78 is 2.41. The van der Waals surface area contributed by atoms with Gasteiger partial charge in [-0.2, -0.15) is 10.5 Å². The number of hydrogen-bond acceptors (Lipinski definition) is 4. The van der Waals surface area contributed by atoms with E-state index >= 15 is 0 Å². The Hall–Kier alpha value is -7.86. The molecule has 0 N–H and O–H groups in total. The zero-order valence-electron chi connectivity index (χ0n) is 29.5. The van der Waals surface area contributed by atoms with Crippen molar-refractivity contribution >= 4 is 43.4 Å². The Kier molecular flexibility index (Phi) is 7.51. The third kappa shape index (κ3) is 5.31. The fourth-order valence-corrected chi connectivity index (χ4v) is 8.14. The highest BCUT2D eigenvalue weighted by Gasteiger charge is 2.22. The van der Waals surface area contributed by atoms with Gasteiger partial charge in [0.25, 0.3) is 0 Å². The largest absolute Gasteiger partial charge is 0.309 e. The highest BCUT2D eigenvalue weighted by molar-refractivity contribution is 6.31. The van der Waals surface area contributed by atoms with E-state index in [2.05, 4.69) is 166 Å². The number of hydrogen-bond donors (Lipinski definition) is 0. The van der Waals surface area contributed by atoms with Crippen LogP contribution in [0.25, 0.3) is 93.5 Å². The number of pyridine rings is 2. The van der Waals surface area contributed by atoms with Gasteiger partial charge in [0.1, 0.15) is 23.5 Å². The van der Waals surface area contributed by atoms with E-state index in [1.807, 2.05) is 24.3 Å². The molecule has 5 heteroatoms. The Labute approximate surface area is 317 Å². The van der Waals surface area contributed by atoms with Crippen molar-refractivity contribution < 1.29 is 0 Å². The van der Waals surface area contributed by atoms with Crippen molar-refractivity contribution in [2.45, 2.75) is 0 Å². The Balaban J connectivity index is 1.29. The van der Waals surface area contributed by atoms with E-state index in [-0.39, 0.29) is 0 Å². The predicted molar refractivity (Wildman–Crippen MR) is 223 cm³/mol. The maximum atomic E-state index is 9.54. The molecule has 0 aliphatic carbocycles. The van der Waals surface area contributed by atoms with Crippen LogP contribution < -0.4 is 0 Å². The first-order valence-electron chi connectivity index (χ1n) is 18.1. The van der Waals surface area contributed by atoms with Crippen LogP contribution in [-0.2, 0) is 0 Å². The van der Waals surface area contributed by atoms with Crippen molar-refractivity contribution in [3.8, 4) is 62.3 Å². The Bertz CT molecular complexity index is 3040. The Morgan fingerprint density at radius 3 is 1.27 bits per heavy atom. The van der Waals surface area contributed by atoms with Crippen LogP contribution in [-0.4, -0.2) is 14.5 Å². The van der Waals surface area contributed by atoms with Crippen LogP contribution in [0.3, 0.4) is 0 Å². The molecule has 0 fully saturated rings. The SMILES string of the molecule is N#Cc1cc(-c2cccc(-c3cc4c(c5ccccc35)c3c5ccccc5c(-c5cccc(-c6ccnc(C#N)c6)c5)cc3n4-c3ccccc3)c2)ccn1. The number of para-hydroxylation sites is 1. The van der Waals surface area contributed by atoms with Crippen LogP contribution in [0.1, 0.15) is 11.4 Å². The van der Waals surface area contributed by atoms with Crippen molar-refractivity contribution in [2.75, 3.05) is 0 Å². The lowest BCUT2D eigenvalue weighted by Gasteiger charge is -2.13. The Morgan fingerprint density at radius 1 is 0.382 bits per heavy atom. The van der Waals surface area contributed by atoms with Gasteiger partial charge in [-0.25, -0.2) is 9.97 Å². The van der Waals surface area contributed by atoms with Gasteiger partial charge in [0.15, 0.2) is 0 Å². The number of aromatic nitrogens is 3. The maximum Gasteiger partial charge on any atom is 0.141 e. The van der Waals surface area contributed by atoms with Crippen LogP contribution >= 0.6 is 0 Å². The van der Waals surface area contributed by atoms with Crippen LogP contribution in [0.5, 0.6) is 0 Å². The quantitative estimate of drug-likeness (QED) is 0.179. The molecule has 0 unspecified atom stereocenters. The highest BCUT2D eigenvalue weighted by atomic mass is 15.0. The van der Waals surface area contributed by atoms with Crippen LogP contribution in [0.15, 0.2) is 176 Å². The molecule has 5 nitrogen and oxygen atoms in total. The van der Waals surface area contributed by atoms with Gasteiger partial charge < -0.3 is 4.57 Å². The second kappa shape index (κ2) is 13.0. The summed E-state index contributed by atoms with van der Waals surface area (Å²) in [5, 5.41) is 26.2. The van der Waals surface area contributed by atoms with Crippen LogP contribution in [0, 0.1) is 22.7 Å². The van der Waals surface area contributed by atoms with Crippen molar-refractivity contribution in [1.82, 2.24) is 14.5 Å². The fraction of sp³-hybridized carbons (Fsp3) is 0. The van der Waals surface area contributed by atoms with Crippen LogP contribution in [0.2, 0.25) is 0 Å². The van der Waals surface area contributed by atoms with Crippen molar-refractivity contribution in [3.63, 3.8) is 0 Å². The number of nitriles is 2. The number of rotatable bonds is 5. The lowest BCUT2D eigenvalue weighted by Crippen LogP contribution is -1.95. The van der Waals surface area contributed by atoms with Gasteiger partial charge >= 0.3 is 0 Å². The summed E-state index contributed by atoms with van der Waals surface area (Å²) in [6.07, 6.45) is 3.39. The third-order valence-corrected chi connectivity index (χ3v) is 10.6. The van der Waals surface area contributed by atoms with Gasteiger partial charge in [0.05, 0.1) is 11.0 Å². The zero-order chi connectivity index (χ0) is 36.9. The van der Waals surface area contributed by atoms with E-state index < -0.39 is 0 Å². The number of nitrogens with zero attached hydrogens (tertiary/aromatic N) is 5. The molecule has 0 atom stereocenters. The van der Waals surface area contributed by atoms with Gasteiger partial charge in [-0.3, -0.25) is 0 Å². The van der Waals surface area contributed by atoms with Gasteiger partial charge in [-0.05, 0) is 127 Å². The second-order valence-corrected chi connectivity index (χ2v) is 13.6. The molecule has 7 aromatic carbocycles. The molecule has 10 aromatic rings. The summed E-state index contributed by atoms with van der Waals surface area (Å²) >= 11 is 0. The molecule has 0 aliphatic rings. The molecule has 0 saturated carbocycles. The van der Waals surface area contributed by atoms with Gasteiger partial charge in [-0.1, -0.05) is 103 Å². The van der Waals surface area contributed by atoms with E-state index in [0.717, 1.165) is 61.2 Å². The minimum Gasteiger partial charge on any atom is -0.309 e. The first-order valence-corrected chi connectivity index (χ1v) is 18.1. The lowest BCUT2D eigenvalue weighted by atomic mass is 9.90. The molecule has 0 bridgehead atoms. The first kappa shape index (κ1) is 31.8. The van der Waals surface area contributed by atoms with Gasteiger partial charge in [0.2, 0.25) is 0 Å². The summed E-state index contributed by atoms with van der Waals surface area (Å²) in [6, 6.07) is 61.8. The molecule has 3 heterocycles. The third-order valence-electron chi connectivity index (χ3n) is 10.6. The molecule has 0 amide bonds. The number of fused-ring (bicyclic) bond motifs is 7. The minimum atomic E-state index is 0.394. The van der Waals surface area contributed by atoms with E-state index in [1.54, 1.807) is 12.4 Å². The monoisotopic (exact) mass is 699 g/mol. The predicted octanol–water partition coefficient (Wildman–Crippen LogP) is 12.3. The molecule has 0 saturated heterocycles. The summed E-state index contributed by atoms with van der Waals surface area (Å²) in [5.41, 5.74) is 12.5. The van der Waals surface area contributed by atoms with Crippen LogP contribution in [0.4, 0.5) is 0 Å². The standard InChI is InChI=1S/C50H29N5/c51-30-38-26-34(20-22-53-38)32-10-8-12-36(24-32)45-28-47-49(43-18-6-4-16-41(43)45)50-44-19-7-5-17-42(44)46(29-48(50)55(47)40-14-2-1-3-15-40)37-13-9-11-33(25-37)35-21-23-54-39(27-35)31-52/h1-29H. The van der Waals surface area contributed by atoms with Crippen molar-refractivity contribution in [1.29, 1.82) is 10.5 Å². The molecule has 55 heavy (non-hydrogen) atoms. The molecule has 0 spiro atoms. The van der Waals surface area contributed by atoms with Crippen molar-refractivity contribution in [2.24, 2.45) is 0 Å². The molecular weight excluding hydrogens is 671 g/mol. The molecular formula is C50H29N5. The van der Waals surface area contributed by atoms with E-state index in [9.17, 15) is 10.5 Å². The highest BCUT2D eigenvalue weighted by Crippen LogP contribution is 2.46. The van der Waals surface area contributed by atoms with E-state index in [0.29, 0.717) is 11.4 Å². The smallest absolute Gasteiger partial charge is 0.141 e. The molecule has 10 rings (SSSR count). The minimum absolute atomic E-state index is 0.394.